The molecule has 0 spiro atoms. The van der Waals surface area contributed by atoms with Gasteiger partial charge in [-0.05, 0) is 24.6 Å². The molecule has 0 bridgehead atoms. The van der Waals surface area contributed by atoms with Gasteiger partial charge in [0, 0.05) is 18.1 Å². The first-order chi connectivity index (χ1) is 6.77. The summed E-state index contributed by atoms with van der Waals surface area (Å²) in [6.07, 6.45) is 5.14. The molecule has 1 aliphatic rings. The van der Waals surface area contributed by atoms with E-state index in [-0.39, 0.29) is 5.82 Å². The van der Waals surface area contributed by atoms with Crippen molar-refractivity contribution in [1.29, 1.82) is 0 Å². The maximum atomic E-state index is 13.5. The molecule has 1 nitrogen and oxygen atoms in total. The summed E-state index contributed by atoms with van der Waals surface area (Å²) in [5.74, 6) is -0.243. The van der Waals surface area contributed by atoms with Gasteiger partial charge >= 0.3 is 0 Å². The van der Waals surface area contributed by atoms with Gasteiger partial charge in [-0.15, -0.1) is 0 Å². The first-order valence-electron chi connectivity index (χ1n) is 4.62. The summed E-state index contributed by atoms with van der Waals surface area (Å²) >= 11 is 5.68. The lowest BCUT2D eigenvalue weighted by molar-refractivity contribution is 0.619. The lowest BCUT2D eigenvalue weighted by Crippen LogP contribution is -2.27. The Morgan fingerprint density at radius 2 is 2.14 bits per heavy atom. The van der Waals surface area contributed by atoms with E-state index >= 15 is 0 Å². The van der Waals surface area contributed by atoms with Gasteiger partial charge in [0.25, 0.3) is 0 Å². The molecule has 1 aromatic rings. The molecule has 74 valence electrons. The maximum absolute atomic E-state index is 13.5. The summed E-state index contributed by atoms with van der Waals surface area (Å²) in [5.41, 5.74) is 0.638. The lowest BCUT2D eigenvalue weighted by Gasteiger charge is -2.25. The lowest BCUT2D eigenvalue weighted by atomic mass is 10.2. The summed E-state index contributed by atoms with van der Waals surface area (Å²) in [4.78, 5) is 2.01. The molecule has 0 aromatic heterocycles. The fourth-order valence-electron chi connectivity index (χ4n) is 1.60. The predicted molar refractivity (Wildman–Crippen MR) is 57.4 cm³/mol. The van der Waals surface area contributed by atoms with E-state index < -0.39 is 0 Å². The molecule has 0 unspecified atom stereocenters. The monoisotopic (exact) mass is 211 g/mol. The van der Waals surface area contributed by atoms with Gasteiger partial charge < -0.3 is 4.90 Å². The summed E-state index contributed by atoms with van der Waals surface area (Å²) in [5, 5.41) is 0.443. The van der Waals surface area contributed by atoms with Crippen molar-refractivity contribution >= 4 is 17.3 Å². The van der Waals surface area contributed by atoms with E-state index in [1.165, 1.54) is 6.07 Å². The molecule has 0 atom stereocenters. The minimum atomic E-state index is -0.243. The molecule has 0 saturated heterocycles. The summed E-state index contributed by atoms with van der Waals surface area (Å²) in [7, 11) is 0. The first kappa shape index (κ1) is 9.53. The van der Waals surface area contributed by atoms with E-state index in [0.717, 1.165) is 19.5 Å². The molecule has 0 aliphatic carbocycles. The normalized spacial score (nSPS) is 16.0. The van der Waals surface area contributed by atoms with Crippen molar-refractivity contribution in [3.63, 3.8) is 0 Å². The number of hydrogen-bond donors (Lipinski definition) is 0. The molecule has 1 aliphatic heterocycles. The quantitative estimate of drug-likeness (QED) is 0.645. The molecule has 2 rings (SSSR count). The van der Waals surface area contributed by atoms with Gasteiger partial charge in [-0.2, -0.15) is 0 Å². The largest absolute Gasteiger partial charge is 0.365 e. The van der Waals surface area contributed by atoms with Crippen LogP contribution in [0.5, 0.6) is 0 Å². The third-order valence-corrected chi connectivity index (χ3v) is 2.54. The van der Waals surface area contributed by atoms with Gasteiger partial charge in [0.1, 0.15) is 5.82 Å². The fraction of sp³-hybridized carbons (Fsp3) is 0.273. The van der Waals surface area contributed by atoms with Crippen LogP contribution in [-0.4, -0.2) is 13.1 Å². The number of hydrogen-bond acceptors (Lipinski definition) is 1. The van der Waals surface area contributed by atoms with Crippen molar-refractivity contribution < 1.29 is 4.39 Å². The maximum Gasteiger partial charge on any atom is 0.147 e. The first-order valence-corrected chi connectivity index (χ1v) is 5.00. The fourth-order valence-corrected chi connectivity index (χ4v) is 1.76. The highest BCUT2D eigenvalue weighted by atomic mass is 35.5. The van der Waals surface area contributed by atoms with Crippen molar-refractivity contribution in [3.8, 4) is 0 Å². The van der Waals surface area contributed by atoms with E-state index in [2.05, 4.69) is 12.2 Å². The molecule has 3 heteroatoms. The number of nitrogens with zero attached hydrogens (tertiary/aromatic N) is 1. The summed E-state index contributed by atoms with van der Waals surface area (Å²) in [6, 6.07) is 4.81. The van der Waals surface area contributed by atoms with Crippen molar-refractivity contribution in [2.45, 2.75) is 6.42 Å². The highest BCUT2D eigenvalue weighted by Crippen LogP contribution is 2.23. The molecule has 1 heterocycles. The second kappa shape index (κ2) is 4.01. The molecule has 0 radical (unpaired) electrons. The molecule has 0 amide bonds. The SMILES string of the molecule is Fc1cc(Cl)ccc1N1CC=CCC1. The van der Waals surface area contributed by atoms with Crippen LogP contribution in [0.15, 0.2) is 30.4 Å². The number of rotatable bonds is 1. The topological polar surface area (TPSA) is 3.24 Å². The average molecular weight is 212 g/mol. The highest BCUT2D eigenvalue weighted by Gasteiger charge is 2.11. The Morgan fingerprint density at radius 3 is 2.79 bits per heavy atom. The molecule has 0 fully saturated rings. The predicted octanol–water partition coefficient (Wildman–Crippen LogP) is 3.25. The van der Waals surface area contributed by atoms with Crippen LogP contribution in [0.3, 0.4) is 0 Å². The molecular weight excluding hydrogens is 201 g/mol. The Hall–Kier alpha value is -1.02. The van der Waals surface area contributed by atoms with Crippen LogP contribution >= 0.6 is 11.6 Å². The number of anilines is 1. The Labute approximate surface area is 87.8 Å². The Balaban J connectivity index is 2.27. The highest BCUT2D eigenvalue weighted by molar-refractivity contribution is 6.30. The van der Waals surface area contributed by atoms with Crippen LogP contribution in [-0.2, 0) is 0 Å². The van der Waals surface area contributed by atoms with Crippen LogP contribution < -0.4 is 4.90 Å². The Bertz CT molecular complexity index is 362. The second-order valence-corrected chi connectivity index (χ2v) is 3.74. The third kappa shape index (κ3) is 1.90. The van der Waals surface area contributed by atoms with Crippen LogP contribution in [0.2, 0.25) is 5.02 Å². The Morgan fingerprint density at radius 1 is 1.29 bits per heavy atom. The zero-order valence-electron chi connectivity index (χ0n) is 7.71. The zero-order chi connectivity index (χ0) is 9.97. The van der Waals surface area contributed by atoms with Crippen molar-refractivity contribution in [2.75, 3.05) is 18.0 Å². The summed E-state index contributed by atoms with van der Waals surface area (Å²) < 4.78 is 13.5. The number of benzene rings is 1. The summed E-state index contributed by atoms with van der Waals surface area (Å²) in [6.45, 7) is 1.65. The van der Waals surface area contributed by atoms with Crippen LogP contribution in [0, 0.1) is 5.82 Å². The van der Waals surface area contributed by atoms with Crippen molar-refractivity contribution in [3.05, 3.63) is 41.2 Å². The second-order valence-electron chi connectivity index (χ2n) is 3.30. The standard InChI is InChI=1S/C11H11ClFN/c12-9-4-5-11(10(13)8-9)14-6-2-1-3-7-14/h1-2,4-5,8H,3,6-7H2. The van der Waals surface area contributed by atoms with Crippen molar-refractivity contribution in [1.82, 2.24) is 0 Å². The van der Waals surface area contributed by atoms with Gasteiger partial charge in [0.15, 0.2) is 0 Å². The van der Waals surface area contributed by atoms with E-state index in [1.807, 2.05) is 4.90 Å². The Kier molecular flexibility index (Phi) is 2.73. The molecule has 14 heavy (non-hydrogen) atoms. The van der Waals surface area contributed by atoms with E-state index in [1.54, 1.807) is 12.1 Å². The van der Waals surface area contributed by atoms with Crippen molar-refractivity contribution in [2.24, 2.45) is 0 Å². The van der Waals surface area contributed by atoms with E-state index in [9.17, 15) is 4.39 Å². The van der Waals surface area contributed by atoms with Crippen LogP contribution in [0.4, 0.5) is 10.1 Å². The van der Waals surface area contributed by atoms with Crippen LogP contribution in [0.25, 0.3) is 0 Å². The minimum absolute atomic E-state index is 0.243. The van der Waals surface area contributed by atoms with Gasteiger partial charge in [-0.25, -0.2) is 4.39 Å². The van der Waals surface area contributed by atoms with Gasteiger partial charge in [0.05, 0.1) is 5.69 Å². The molecule has 0 N–H and O–H groups in total. The van der Waals surface area contributed by atoms with Gasteiger partial charge in [-0.1, -0.05) is 23.8 Å². The van der Waals surface area contributed by atoms with Crippen LogP contribution in [0.1, 0.15) is 6.42 Å². The van der Waals surface area contributed by atoms with Gasteiger partial charge in [0.2, 0.25) is 0 Å². The minimum Gasteiger partial charge on any atom is -0.365 e. The zero-order valence-corrected chi connectivity index (χ0v) is 8.47. The van der Waals surface area contributed by atoms with E-state index in [4.69, 9.17) is 11.6 Å². The number of halogens is 2. The third-order valence-electron chi connectivity index (χ3n) is 2.31. The van der Waals surface area contributed by atoms with E-state index in [0.29, 0.717) is 10.7 Å². The molecule has 0 saturated carbocycles. The molecule has 1 aromatic carbocycles. The molecular formula is C11H11ClFN. The van der Waals surface area contributed by atoms with Gasteiger partial charge in [-0.3, -0.25) is 0 Å². The smallest absolute Gasteiger partial charge is 0.147 e. The average Bonchev–Trinajstić information content (AvgIpc) is 2.19.